The highest BCUT2D eigenvalue weighted by molar-refractivity contribution is 8.08. The number of aromatic nitrogens is 3. The van der Waals surface area contributed by atoms with Gasteiger partial charge in [-0.2, -0.15) is 0 Å². The van der Waals surface area contributed by atoms with Crippen molar-refractivity contribution in [2.45, 2.75) is 106 Å². The molecule has 7 aliphatic rings. The summed E-state index contributed by atoms with van der Waals surface area (Å²) < 4.78 is 15.1. The van der Waals surface area contributed by atoms with Crippen molar-refractivity contribution in [3.8, 4) is 22.5 Å². The Bertz CT molecular complexity index is 3010. The Morgan fingerprint density at radius 2 is 1.88 bits per heavy atom. The zero-order valence-electron chi connectivity index (χ0n) is 45.2. The Labute approximate surface area is 456 Å². The number of fused-ring (bicyclic) bond motifs is 8. The van der Waals surface area contributed by atoms with E-state index in [0.29, 0.717) is 39.0 Å². The van der Waals surface area contributed by atoms with E-state index in [2.05, 4.69) is 89.2 Å². The van der Waals surface area contributed by atoms with Gasteiger partial charge in [0.2, 0.25) is 17.7 Å². The molecule has 9 heterocycles. The predicted octanol–water partition coefficient (Wildman–Crippen LogP) is 5.21. The first-order valence-electron chi connectivity index (χ1n) is 26.8. The van der Waals surface area contributed by atoms with Gasteiger partial charge in [0.1, 0.15) is 18.2 Å². The number of hydrogen-bond acceptors (Lipinski definition) is 14. The highest BCUT2D eigenvalue weighted by atomic mass is 32.2. The minimum atomic E-state index is -1.05. The largest absolute Gasteiger partial charge is 0.464 e. The van der Waals surface area contributed by atoms with Gasteiger partial charge in [-0.25, -0.2) is 15.2 Å². The maximum atomic E-state index is 15.2. The summed E-state index contributed by atoms with van der Waals surface area (Å²) in [5, 5.41) is 7.66. The second-order valence-electron chi connectivity index (χ2n) is 23.0. The number of likely N-dealkylation sites (tertiary alicyclic amines) is 1. The Kier molecular flexibility index (Phi) is 13.8. The van der Waals surface area contributed by atoms with Gasteiger partial charge in [0.15, 0.2) is 0 Å². The number of benzene rings is 1. The number of hydrogen-bond donors (Lipinski definition) is 2. The molecule has 18 nitrogen and oxygen atoms in total. The van der Waals surface area contributed by atoms with Crippen LogP contribution in [0, 0.1) is 11.3 Å². The van der Waals surface area contributed by atoms with Crippen molar-refractivity contribution in [3.05, 3.63) is 64.8 Å². The van der Waals surface area contributed by atoms with Crippen LogP contribution in [-0.4, -0.2) is 193 Å². The minimum Gasteiger partial charge on any atom is -0.464 e. The number of methoxy groups -OCH3 is 1. The molecular weight excluding hydrogens is 1020 g/mol. The van der Waals surface area contributed by atoms with Gasteiger partial charge in [0.25, 0.3) is 0 Å². The molecule has 2 N–H and O–H groups in total. The molecule has 3 unspecified atom stereocenters. The van der Waals surface area contributed by atoms with Crippen LogP contribution >= 0.6 is 23.1 Å². The van der Waals surface area contributed by atoms with Gasteiger partial charge in [-0.3, -0.25) is 29.2 Å². The number of nitrogens with one attached hydrogen (secondary N) is 2. The SMILES string of the molecule is C=CC(=O)N(C)[C@H]1CN(C(=O)N(C)[C@H](C(=O)NC2[Si][C@@]23Cc2nc(cs2)-c2ccc4c(c2)c2c(n4CC)-c4cc(N5CCN(C)CC5)cnc4[C@@H](OC)C2C(C)(C)COC(=O)[C@@H]2CCCN(N2)C3=O)C(C)C)CC12CS2. The van der Waals surface area contributed by atoms with Crippen molar-refractivity contribution in [2.24, 2.45) is 11.3 Å². The number of thiazole rings is 1. The topological polar surface area (TPSA) is 178 Å². The number of urea groups is 1. The van der Waals surface area contributed by atoms with Gasteiger partial charge < -0.3 is 43.9 Å². The number of likely N-dealkylation sites (N-methyl/N-ethyl adjacent to an activating group) is 3. The van der Waals surface area contributed by atoms with Gasteiger partial charge in [-0.1, -0.05) is 40.3 Å². The molecule has 2 radical (unpaired) electrons. The summed E-state index contributed by atoms with van der Waals surface area (Å²) in [6.07, 6.45) is 4.16. The monoisotopic (exact) mass is 1090 g/mol. The number of carbonyl (C=O) groups is 5. The quantitative estimate of drug-likeness (QED) is 0.0968. The molecule has 5 fully saturated rings. The van der Waals surface area contributed by atoms with E-state index in [9.17, 15) is 19.2 Å². The zero-order valence-corrected chi connectivity index (χ0v) is 47.8. The third-order valence-corrected chi connectivity index (χ3v) is 21.4. The van der Waals surface area contributed by atoms with Crippen LogP contribution in [0.4, 0.5) is 10.5 Å². The molecule has 8 atom stereocenters. The van der Waals surface area contributed by atoms with Crippen LogP contribution in [0.5, 0.6) is 0 Å². The molecule has 1 aliphatic carbocycles. The number of nitrogens with zero attached hydrogens (tertiary/aromatic N) is 9. The lowest BCUT2D eigenvalue weighted by atomic mass is 9.67. The minimum absolute atomic E-state index is 0.0163. The maximum Gasteiger partial charge on any atom is 0.324 e. The summed E-state index contributed by atoms with van der Waals surface area (Å²) in [5.41, 5.74) is 10.1. The Morgan fingerprint density at radius 3 is 2.58 bits per heavy atom. The molecule has 5 saturated heterocycles. The van der Waals surface area contributed by atoms with Crippen molar-refractivity contribution >= 4 is 78.9 Å². The van der Waals surface area contributed by atoms with Gasteiger partial charge in [-0.05, 0) is 62.6 Å². The number of cyclic esters (lactones) is 1. The third-order valence-electron chi connectivity index (χ3n) is 17.3. The van der Waals surface area contributed by atoms with Crippen molar-refractivity contribution < 1.29 is 33.4 Å². The number of hydrazine groups is 1. The average molecular weight is 1090 g/mol. The molecule has 11 rings (SSSR count). The first-order chi connectivity index (χ1) is 36.3. The van der Waals surface area contributed by atoms with Gasteiger partial charge in [0.05, 0.1) is 65.9 Å². The number of aryl methyl sites for hydroxylation is 1. The van der Waals surface area contributed by atoms with Crippen LogP contribution in [0.3, 0.4) is 0 Å². The number of amides is 5. The molecule has 1 aromatic carbocycles. The fourth-order valence-electron chi connectivity index (χ4n) is 13.0. The van der Waals surface area contributed by atoms with E-state index in [1.165, 1.54) is 22.3 Å². The summed E-state index contributed by atoms with van der Waals surface area (Å²) in [5.74, 6) is -0.881. The first-order valence-corrected chi connectivity index (χ1v) is 29.7. The highest BCUT2D eigenvalue weighted by Crippen LogP contribution is 2.58. The molecule has 2 spiro atoms. The first kappa shape index (κ1) is 52.7. The molecule has 5 amide bonds. The lowest BCUT2D eigenvalue weighted by Gasteiger charge is -2.43. The predicted molar refractivity (Wildman–Crippen MR) is 296 cm³/mol. The van der Waals surface area contributed by atoms with Crippen molar-refractivity contribution in [1.82, 2.24) is 49.9 Å². The Morgan fingerprint density at radius 1 is 1.12 bits per heavy atom. The van der Waals surface area contributed by atoms with Crippen LogP contribution in [0.15, 0.2) is 48.5 Å². The summed E-state index contributed by atoms with van der Waals surface area (Å²) >= 11 is 3.24. The molecule has 4 aromatic rings. The summed E-state index contributed by atoms with van der Waals surface area (Å²) in [6.45, 7) is 19.7. The molecule has 76 heavy (non-hydrogen) atoms. The fraction of sp³-hybridized carbons (Fsp3) is 0.582. The average Bonchev–Trinajstić information content (AvgIpc) is 4.24. The molecule has 404 valence electrons. The van der Waals surface area contributed by atoms with E-state index in [0.717, 1.165) is 87.3 Å². The van der Waals surface area contributed by atoms with E-state index in [1.807, 2.05) is 20.0 Å². The second-order valence-corrected chi connectivity index (χ2v) is 27.1. The number of piperazine rings is 1. The second kappa shape index (κ2) is 19.8. The van der Waals surface area contributed by atoms with Crippen molar-refractivity contribution in [2.75, 3.05) is 91.3 Å². The summed E-state index contributed by atoms with van der Waals surface area (Å²) in [7, 11) is 7.34. The van der Waals surface area contributed by atoms with Gasteiger partial charge >= 0.3 is 12.0 Å². The van der Waals surface area contributed by atoms with Crippen molar-refractivity contribution in [1.29, 1.82) is 0 Å². The van der Waals surface area contributed by atoms with Crippen LogP contribution in [0.25, 0.3) is 33.4 Å². The van der Waals surface area contributed by atoms with Crippen LogP contribution in [0.1, 0.15) is 75.7 Å². The third kappa shape index (κ3) is 8.93. The zero-order chi connectivity index (χ0) is 53.7. The maximum absolute atomic E-state index is 15.2. The standard InChI is InChI=1S/C55H71N11O7S2Si/c1-11-41(67)61(8)39-26-64(28-54(39)30-75-54)52(71)62(9)45(31(3)4)48(68)58-50-55(76-50)24-40-57-37(27-74-40)32-15-16-38-34(22-32)42-43(53(5,6)29-73-49(69)36-14-13-17-66(59-36)51(55)70)47(72-10)44-35(46(42)65(38)12-2)23-33(25-56-44)63-20-18-60(7)19-21-63/h11,15-16,22-23,25,27,31,36,39,43,45,47,50,59H,1,12-14,17-21,24,26,28-30H2,2-10H3,(H,58,68)/t36-,39-,43?,45-,47-,50?,54?,55-/m0/s1. The number of thioether (sulfide) groups is 1. The van der Waals surface area contributed by atoms with Crippen molar-refractivity contribution in [3.63, 3.8) is 0 Å². The van der Waals surface area contributed by atoms with E-state index < -0.39 is 40.3 Å². The van der Waals surface area contributed by atoms with E-state index in [1.54, 1.807) is 47.8 Å². The normalized spacial score (nSPS) is 28.3. The van der Waals surface area contributed by atoms with Crippen LogP contribution < -0.4 is 15.6 Å². The van der Waals surface area contributed by atoms with Crippen LogP contribution in [-0.2, 0) is 41.6 Å². The number of ether oxygens (including phenoxy) is 2. The van der Waals surface area contributed by atoms with Gasteiger partial charge in [0, 0.05) is 130 Å². The lowest BCUT2D eigenvalue weighted by Crippen LogP contribution is -2.58. The number of esters is 1. The number of pyridine rings is 1. The smallest absolute Gasteiger partial charge is 0.324 e. The molecule has 0 saturated carbocycles. The molecule has 6 aliphatic heterocycles. The van der Waals surface area contributed by atoms with Crippen LogP contribution in [0.2, 0.25) is 5.04 Å². The number of anilines is 1. The summed E-state index contributed by atoms with van der Waals surface area (Å²) in [4.78, 5) is 91.4. The molecule has 3 aromatic heterocycles. The fourth-order valence-corrected chi connectivity index (χ4v) is 16.6. The molecule has 21 heteroatoms. The Balaban J connectivity index is 0.932. The molecular formula is C55H71N11O7S2Si. The van der Waals surface area contributed by atoms with Gasteiger partial charge in [-0.15, -0.1) is 23.1 Å². The van der Waals surface area contributed by atoms with E-state index in [-0.39, 0.29) is 68.9 Å². The lowest BCUT2D eigenvalue weighted by molar-refractivity contribution is -0.156. The Hall–Kier alpha value is -5.32. The summed E-state index contributed by atoms with van der Waals surface area (Å²) in [6, 6.07) is 6.78. The number of rotatable bonds is 9. The van der Waals surface area contributed by atoms with E-state index >= 15 is 4.79 Å². The molecule has 6 bridgehead atoms. The van der Waals surface area contributed by atoms with E-state index in [4.69, 9.17) is 19.4 Å². The number of carbonyl (C=O) groups excluding carboxylic acids is 5. The highest BCUT2D eigenvalue weighted by Gasteiger charge is 2.64.